The second-order valence-electron chi connectivity index (χ2n) is 4.53. The zero-order valence-corrected chi connectivity index (χ0v) is 11.3. The smallest absolute Gasteiger partial charge is 0.258 e. The van der Waals surface area contributed by atoms with Gasteiger partial charge in [0.15, 0.2) is 0 Å². The summed E-state index contributed by atoms with van der Waals surface area (Å²) >= 11 is 0. The number of rotatable bonds is 3. The zero-order chi connectivity index (χ0) is 14.0. The van der Waals surface area contributed by atoms with Gasteiger partial charge in [-0.1, -0.05) is 19.1 Å². The molecule has 1 aromatic heterocycles. The molecular weight excluding hydrogens is 240 g/mol. The lowest BCUT2D eigenvalue weighted by atomic mass is 9.98. The topological polar surface area (TPSA) is 56.0 Å². The van der Waals surface area contributed by atoms with Crippen molar-refractivity contribution in [2.24, 2.45) is 0 Å². The average Bonchev–Trinajstić information content (AvgIpc) is 2.41. The Morgan fingerprint density at radius 2 is 2.00 bits per heavy atom. The number of aryl methyl sites for hydroxylation is 2. The zero-order valence-electron chi connectivity index (χ0n) is 11.3. The molecule has 4 heteroatoms. The summed E-state index contributed by atoms with van der Waals surface area (Å²) in [5.74, 6) is 0. The van der Waals surface area contributed by atoms with Crippen LogP contribution in [0.4, 0.5) is 5.69 Å². The molecule has 4 nitrogen and oxygen atoms in total. The van der Waals surface area contributed by atoms with Crippen LogP contribution in [0, 0.1) is 24.0 Å². The molecule has 0 amide bonds. The molecule has 0 aliphatic carbocycles. The number of nitro benzene ring substituents is 1. The minimum atomic E-state index is -0.367. The molecule has 2 aromatic rings. The molecule has 0 saturated carbocycles. The van der Waals surface area contributed by atoms with E-state index in [1.54, 1.807) is 12.1 Å². The second-order valence-corrected chi connectivity index (χ2v) is 4.53. The summed E-state index contributed by atoms with van der Waals surface area (Å²) in [6, 6.07) is 8.75. The summed E-state index contributed by atoms with van der Waals surface area (Å²) in [7, 11) is 0. The third kappa shape index (κ3) is 2.62. The molecule has 0 aliphatic rings. The first-order valence-corrected chi connectivity index (χ1v) is 6.25. The van der Waals surface area contributed by atoms with E-state index >= 15 is 0 Å². The van der Waals surface area contributed by atoms with Crippen molar-refractivity contribution in [3.63, 3.8) is 0 Å². The Morgan fingerprint density at radius 1 is 1.26 bits per heavy atom. The Labute approximate surface area is 112 Å². The molecule has 0 bridgehead atoms. The number of non-ortho nitro benzene ring substituents is 1. The number of aromatic nitrogens is 1. The lowest BCUT2D eigenvalue weighted by Crippen LogP contribution is -1.97. The highest BCUT2D eigenvalue weighted by atomic mass is 16.6. The van der Waals surface area contributed by atoms with Crippen LogP contribution < -0.4 is 0 Å². The molecule has 0 fully saturated rings. The Morgan fingerprint density at radius 3 is 2.63 bits per heavy atom. The number of nitrogens with zero attached hydrogens (tertiary/aromatic N) is 2. The van der Waals surface area contributed by atoms with Crippen LogP contribution in [0.5, 0.6) is 0 Å². The normalized spacial score (nSPS) is 10.5. The lowest BCUT2D eigenvalue weighted by Gasteiger charge is -2.10. The van der Waals surface area contributed by atoms with Gasteiger partial charge in [-0.15, -0.1) is 0 Å². The third-order valence-electron chi connectivity index (χ3n) is 3.30. The van der Waals surface area contributed by atoms with E-state index in [9.17, 15) is 10.1 Å². The van der Waals surface area contributed by atoms with Gasteiger partial charge in [0.05, 0.1) is 4.92 Å². The van der Waals surface area contributed by atoms with E-state index in [-0.39, 0.29) is 10.6 Å². The molecule has 0 unspecified atom stereocenters. The van der Waals surface area contributed by atoms with E-state index in [0.717, 1.165) is 34.5 Å². The van der Waals surface area contributed by atoms with Crippen molar-refractivity contribution in [2.45, 2.75) is 27.2 Å². The molecule has 98 valence electrons. The molecule has 1 aromatic carbocycles. The molecule has 19 heavy (non-hydrogen) atoms. The van der Waals surface area contributed by atoms with Crippen LogP contribution >= 0.6 is 0 Å². The second kappa shape index (κ2) is 5.18. The van der Waals surface area contributed by atoms with Crippen molar-refractivity contribution in [1.82, 2.24) is 4.98 Å². The Balaban J connectivity index is 2.61. The maximum absolute atomic E-state index is 10.9. The lowest BCUT2D eigenvalue weighted by molar-refractivity contribution is -0.384. The van der Waals surface area contributed by atoms with Gasteiger partial charge in [0, 0.05) is 23.5 Å². The largest absolute Gasteiger partial charge is 0.270 e. The van der Waals surface area contributed by atoms with E-state index in [1.165, 1.54) is 6.07 Å². The fourth-order valence-corrected chi connectivity index (χ4v) is 2.07. The van der Waals surface area contributed by atoms with Crippen molar-refractivity contribution in [3.8, 4) is 11.1 Å². The van der Waals surface area contributed by atoms with Crippen molar-refractivity contribution < 1.29 is 4.92 Å². The fourth-order valence-electron chi connectivity index (χ4n) is 2.07. The SMILES string of the molecule is CCc1cc(-c2cccc([N+](=O)[O-])c2)c(C)c(C)n1. The van der Waals surface area contributed by atoms with Crippen LogP contribution in [0.2, 0.25) is 0 Å². The monoisotopic (exact) mass is 256 g/mol. The predicted molar refractivity (Wildman–Crippen MR) is 75.2 cm³/mol. The van der Waals surface area contributed by atoms with Crippen molar-refractivity contribution in [3.05, 3.63) is 57.4 Å². The van der Waals surface area contributed by atoms with Crippen LogP contribution in [0.25, 0.3) is 11.1 Å². The Bertz CT molecular complexity index is 636. The molecule has 0 saturated heterocycles. The highest BCUT2D eigenvalue weighted by molar-refractivity contribution is 5.70. The summed E-state index contributed by atoms with van der Waals surface area (Å²) in [5.41, 5.74) is 5.05. The molecule has 0 N–H and O–H groups in total. The van der Waals surface area contributed by atoms with Gasteiger partial charge in [0.2, 0.25) is 0 Å². The van der Waals surface area contributed by atoms with Gasteiger partial charge >= 0.3 is 0 Å². The molecular formula is C15H16N2O2. The van der Waals surface area contributed by atoms with E-state index in [0.29, 0.717) is 0 Å². The maximum atomic E-state index is 10.9. The summed E-state index contributed by atoms with van der Waals surface area (Å²) in [6.07, 6.45) is 0.850. The van der Waals surface area contributed by atoms with E-state index in [4.69, 9.17) is 0 Å². The van der Waals surface area contributed by atoms with Gasteiger partial charge in [-0.05, 0) is 43.0 Å². The first-order valence-electron chi connectivity index (χ1n) is 6.25. The van der Waals surface area contributed by atoms with Gasteiger partial charge in [-0.25, -0.2) is 0 Å². The van der Waals surface area contributed by atoms with E-state index < -0.39 is 0 Å². The fraction of sp³-hybridized carbons (Fsp3) is 0.267. The number of benzene rings is 1. The van der Waals surface area contributed by atoms with Gasteiger partial charge < -0.3 is 0 Å². The van der Waals surface area contributed by atoms with Crippen LogP contribution in [0.3, 0.4) is 0 Å². The number of hydrogen-bond acceptors (Lipinski definition) is 3. The van der Waals surface area contributed by atoms with Gasteiger partial charge in [0.1, 0.15) is 0 Å². The van der Waals surface area contributed by atoms with Gasteiger partial charge in [0.25, 0.3) is 5.69 Å². The third-order valence-corrected chi connectivity index (χ3v) is 3.30. The van der Waals surface area contributed by atoms with Crippen LogP contribution in [-0.2, 0) is 6.42 Å². The molecule has 0 aliphatic heterocycles. The Kier molecular flexibility index (Phi) is 3.60. The van der Waals surface area contributed by atoms with Crippen LogP contribution in [-0.4, -0.2) is 9.91 Å². The van der Waals surface area contributed by atoms with E-state index in [2.05, 4.69) is 4.98 Å². The molecule has 0 radical (unpaired) electrons. The minimum absolute atomic E-state index is 0.115. The van der Waals surface area contributed by atoms with Crippen molar-refractivity contribution >= 4 is 5.69 Å². The van der Waals surface area contributed by atoms with Gasteiger partial charge in [-0.2, -0.15) is 0 Å². The number of hydrogen-bond donors (Lipinski definition) is 0. The molecule has 0 spiro atoms. The summed E-state index contributed by atoms with van der Waals surface area (Å²) in [4.78, 5) is 15.0. The van der Waals surface area contributed by atoms with Crippen LogP contribution in [0.15, 0.2) is 30.3 Å². The van der Waals surface area contributed by atoms with Gasteiger partial charge in [-0.3, -0.25) is 15.1 Å². The Hall–Kier alpha value is -2.23. The quantitative estimate of drug-likeness (QED) is 0.619. The molecule has 0 atom stereocenters. The standard InChI is InChI=1S/C15H16N2O2/c1-4-13-9-15(10(2)11(3)16-13)12-6-5-7-14(8-12)17(18)19/h5-9H,4H2,1-3H3. The van der Waals surface area contributed by atoms with E-state index in [1.807, 2.05) is 32.9 Å². The van der Waals surface area contributed by atoms with Crippen molar-refractivity contribution in [1.29, 1.82) is 0 Å². The van der Waals surface area contributed by atoms with Crippen LogP contribution in [0.1, 0.15) is 23.9 Å². The number of pyridine rings is 1. The highest BCUT2D eigenvalue weighted by Gasteiger charge is 2.11. The maximum Gasteiger partial charge on any atom is 0.270 e. The minimum Gasteiger partial charge on any atom is -0.258 e. The number of nitro groups is 1. The van der Waals surface area contributed by atoms with Crippen molar-refractivity contribution in [2.75, 3.05) is 0 Å². The molecule has 2 rings (SSSR count). The highest BCUT2D eigenvalue weighted by Crippen LogP contribution is 2.28. The summed E-state index contributed by atoms with van der Waals surface area (Å²) in [5, 5.41) is 10.9. The summed E-state index contributed by atoms with van der Waals surface area (Å²) in [6.45, 7) is 6.01. The first kappa shape index (κ1) is 13.2. The molecule has 1 heterocycles. The predicted octanol–water partition coefficient (Wildman–Crippen LogP) is 3.84. The average molecular weight is 256 g/mol. The summed E-state index contributed by atoms with van der Waals surface area (Å²) < 4.78 is 0. The first-order chi connectivity index (χ1) is 9.02.